The Hall–Kier alpha value is -3.41. The molecule has 250 valence electrons. The summed E-state index contributed by atoms with van der Waals surface area (Å²) in [6.07, 6.45) is 2.92. The summed E-state index contributed by atoms with van der Waals surface area (Å²) in [5.74, 6) is -1.14. The number of methoxy groups -OCH3 is 2. The molecule has 0 saturated carbocycles. The van der Waals surface area contributed by atoms with Gasteiger partial charge in [-0.3, -0.25) is 28.0 Å². The summed E-state index contributed by atoms with van der Waals surface area (Å²) in [5.41, 5.74) is -2.53. The summed E-state index contributed by atoms with van der Waals surface area (Å²) in [7, 11) is -1.64. The number of halogens is 1. The van der Waals surface area contributed by atoms with Gasteiger partial charge >= 0.3 is 19.5 Å². The molecule has 11 nitrogen and oxygen atoms in total. The summed E-state index contributed by atoms with van der Waals surface area (Å²) in [5, 5.41) is 5.20. The topological polar surface area (TPSA) is 136 Å². The van der Waals surface area contributed by atoms with E-state index in [-0.39, 0.29) is 5.56 Å². The lowest BCUT2D eigenvalue weighted by atomic mass is 9.98. The summed E-state index contributed by atoms with van der Waals surface area (Å²) in [4.78, 5) is 38.9. The molecule has 0 aliphatic carbocycles. The molecule has 0 aliphatic rings. The van der Waals surface area contributed by atoms with E-state index in [1.807, 2.05) is 0 Å². The normalized spacial score (nSPS) is 13.0. The van der Waals surface area contributed by atoms with E-state index in [1.165, 1.54) is 31.8 Å². The van der Waals surface area contributed by atoms with Crippen molar-refractivity contribution >= 4 is 64.5 Å². The summed E-state index contributed by atoms with van der Waals surface area (Å²) in [6.45, 7) is 8.22. The molecule has 0 bridgehead atoms. The van der Waals surface area contributed by atoms with Crippen molar-refractivity contribution in [3.63, 3.8) is 0 Å². The molecule has 0 fully saturated rings. The highest BCUT2D eigenvalue weighted by Crippen LogP contribution is 2.62. The fourth-order valence-electron chi connectivity index (χ4n) is 3.95. The Morgan fingerprint density at radius 2 is 1.54 bits per heavy atom. The molecule has 0 radical (unpaired) electrons. The third kappa shape index (κ3) is 9.33. The first-order valence-electron chi connectivity index (χ1n) is 14.1. The van der Waals surface area contributed by atoms with Crippen molar-refractivity contribution in [1.29, 1.82) is 0 Å². The molecule has 1 heterocycles. The molecule has 3 aromatic rings. The van der Waals surface area contributed by atoms with Gasteiger partial charge in [0, 0.05) is 21.5 Å². The number of hydrogen-bond acceptors (Lipinski definition) is 11. The molecule has 0 saturated heterocycles. The van der Waals surface area contributed by atoms with Gasteiger partial charge in [-0.2, -0.15) is 0 Å². The highest BCUT2D eigenvalue weighted by Gasteiger charge is 2.45. The van der Waals surface area contributed by atoms with Crippen LogP contribution in [0.1, 0.15) is 58.3 Å². The number of thiophene rings is 1. The van der Waals surface area contributed by atoms with Crippen molar-refractivity contribution in [3.8, 4) is 11.5 Å². The van der Waals surface area contributed by atoms with Crippen LogP contribution in [0.2, 0.25) is 5.02 Å². The number of ether oxygens (including phenoxy) is 4. The average Bonchev–Trinajstić information content (AvgIpc) is 3.38. The van der Waals surface area contributed by atoms with Crippen LogP contribution in [-0.4, -0.2) is 45.7 Å². The summed E-state index contributed by atoms with van der Waals surface area (Å²) < 4.78 is 47.9. The maximum absolute atomic E-state index is 14.7. The summed E-state index contributed by atoms with van der Waals surface area (Å²) in [6, 6.07) is 10.3. The number of carbonyl (C=O) groups excluding carboxylic acids is 3. The molecule has 0 aliphatic heterocycles. The van der Waals surface area contributed by atoms with Crippen LogP contribution in [-0.2, 0) is 37.5 Å². The van der Waals surface area contributed by atoms with Crippen LogP contribution in [0.5, 0.6) is 11.5 Å². The van der Waals surface area contributed by atoms with Gasteiger partial charge in [-0.1, -0.05) is 23.7 Å². The molecule has 1 atom stereocenters. The van der Waals surface area contributed by atoms with Gasteiger partial charge in [0.2, 0.25) is 19.5 Å². The van der Waals surface area contributed by atoms with E-state index < -0.39 is 55.5 Å². The third-order valence-corrected chi connectivity index (χ3v) is 9.71. The van der Waals surface area contributed by atoms with Gasteiger partial charge in [0.15, 0.2) is 17.2 Å². The Morgan fingerprint density at radius 3 is 2.09 bits per heavy atom. The maximum Gasteiger partial charge on any atom is 0.353 e. The zero-order valence-electron chi connectivity index (χ0n) is 27.0. The second-order valence-corrected chi connectivity index (χ2v) is 15.5. The lowest BCUT2D eigenvalue weighted by molar-refractivity contribution is -0.162. The second-order valence-electron chi connectivity index (χ2n) is 12.1. The minimum atomic E-state index is -4.63. The zero-order chi connectivity index (χ0) is 34.3. The van der Waals surface area contributed by atoms with Crippen molar-refractivity contribution in [1.82, 2.24) is 5.32 Å². The Labute approximate surface area is 277 Å². The number of hydrogen-bond donors (Lipinski definition) is 1. The first kappa shape index (κ1) is 37.1. The number of esters is 2. The van der Waals surface area contributed by atoms with E-state index in [0.29, 0.717) is 27.5 Å². The SMILES string of the molecule is COc1cccc(C=CNC(=O)C(c2csc3ccc(Cl)cc23)P(=O)(OCOC(=O)C(C)(C)C)OCOC(=O)C(C)(C)C)c1OC. The second kappa shape index (κ2) is 15.5. The minimum absolute atomic E-state index is 0.278. The van der Waals surface area contributed by atoms with Crippen LogP contribution in [0, 0.1) is 10.8 Å². The molecule has 1 aromatic heterocycles. The third-order valence-electron chi connectivity index (χ3n) is 6.42. The average molecular weight is 696 g/mol. The van der Waals surface area contributed by atoms with Crippen LogP contribution >= 0.6 is 30.5 Å². The molecule has 46 heavy (non-hydrogen) atoms. The van der Waals surface area contributed by atoms with Crippen LogP contribution in [0.4, 0.5) is 0 Å². The van der Waals surface area contributed by atoms with Gasteiger partial charge in [-0.05, 0) is 88.2 Å². The van der Waals surface area contributed by atoms with E-state index in [1.54, 1.807) is 89.4 Å². The van der Waals surface area contributed by atoms with Crippen molar-refractivity contribution in [2.45, 2.75) is 47.2 Å². The van der Waals surface area contributed by atoms with Crippen molar-refractivity contribution in [3.05, 3.63) is 64.1 Å². The first-order valence-corrected chi connectivity index (χ1v) is 17.0. The maximum atomic E-state index is 14.7. The van der Waals surface area contributed by atoms with Crippen LogP contribution in [0.3, 0.4) is 0 Å². The van der Waals surface area contributed by atoms with E-state index in [9.17, 15) is 18.9 Å². The molecular formula is C32H39ClNO10PS. The summed E-state index contributed by atoms with van der Waals surface area (Å²) >= 11 is 7.59. The number of nitrogens with one attached hydrogen (secondary N) is 1. The zero-order valence-corrected chi connectivity index (χ0v) is 29.5. The van der Waals surface area contributed by atoms with Crippen LogP contribution in [0.15, 0.2) is 48.0 Å². The Balaban J connectivity index is 2.05. The van der Waals surface area contributed by atoms with E-state index >= 15 is 0 Å². The number of fused-ring (bicyclic) bond motifs is 1. The van der Waals surface area contributed by atoms with Crippen LogP contribution in [0.25, 0.3) is 16.2 Å². The minimum Gasteiger partial charge on any atom is -0.493 e. The fourth-order valence-corrected chi connectivity index (χ4v) is 6.88. The predicted molar refractivity (Wildman–Crippen MR) is 177 cm³/mol. The van der Waals surface area contributed by atoms with Gasteiger partial charge in [-0.15, -0.1) is 11.3 Å². The van der Waals surface area contributed by atoms with E-state index in [4.69, 9.17) is 39.6 Å². The first-order chi connectivity index (χ1) is 21.5. The molecule has 1 unspecified atom stereocenters. The lowest BCUT2D eigenvalue weighted by Gasteiger charge is -2.27. The molecule has 14 heteroatoms. The smallest absolute Gasteiger partial charge is 0.353 e. The van der Waals surface area contributed by atoms with Gasteiger partial charge in [0.1, 0.15) is 0 Å². The predicted octanol–water partition coefficient (Wildman–Crippen LogP) is 7.72. The van der Waals surface area contributed by atoms with Gasteiger partial charge in [-0.25, -0.2) is 0 Å². The number of para-hydroxylation sites is 1. The Kier molecular flexibility index (Phi) is 12.4. The number of amides is 1. The van der Waals surface area contributed by atoms with Crippen molar-refractivity contribution < 1.29 is 46.9 Å². The highest BCUT2D eigenvalue weighted by molar-refractivity contribution is 7.55. The molecule has 1 N–H and O–H groups in total. The molecule has 1 amide bonds. The molecule has 2 aromatic carbocycles. The lowest BCUT2D eigenvalue weighted by Crippen LogP contribution is -2.29. The Bertz CT molecular complexity index is 1600. The Morgan fingerprint density at radius 1 is 0.935 bits per heavy atom. The van der Waals surface area contributed by atoms with Crippen molar-refractivity contribution in [2.24, 2.45) is 10.8 Å². The van der Waals surface area contributed by atoms with Gasteiger partial charge in [0.05, 0.1) is 25.0 Å². The van der Waals surface area contributed by atoms with E-state index in [2.05, 4.69) is 5.32 Å². The number of rotatable bonds is 13. The fraction of sp³-hybridized carbons (Fsp3) is 0.406. The van der Waals surface area contributed by atoms with Gasteiger partial charge < -0.3 is 24.3 Å². The largest absolute Gasteiger partial charge is 0.493 e. The van der Waals surface area contributed by atoms with Gasteiger partial charge in [0.25, 0.3) is 0 Å². The van der Waals surface area contributed by atoms with E-state index in [0.717, 1.165) is 4.70 Å². The monoisotopic (exact) mass is 695 g/mol. The van der Waals surface area contributed by atoms with Crippen LogP contribution < -0.4 is 14.8 Å². The van der Waals surface area contributed by atoms with Crippen molar-refractivity contribution in [2.75, 3.05) is 27.8 Å². The molecule has 3 rings (SSSR count). The molecule has 0 spiro atoms. The number of benzene rings is 2. The highest BCUT2D eigenvalue weighted by atomic mass is 35.5. The number of carbonyl (C=O) groups is 3. The molecular weight excluding hydrogens is 657 g/mol. The quantitative estimate of drug-likeness (QED) is 0.108. The standard InChI is InChI=1S/C32H39ClNO10PS/c1-31(2,3)29(36)41-18-43-45(38,44-19-42-30(37)32(4,5)6)27(23-17-46-25-13-12-21(33)16-22(23)25)28(35)34-15-14-20-10-9-11-24(39-7)26(20)40-8/h9-17,27H,18-19H2,1-8H3,(H,34,35).